The molecule has 0 unspecified atom stereocenters. The van der Waals surface area contributed by atoms with E-state index < -0.39 is 11.6 Å². The summed E-state index contributed by atoms with van der Waals surface area (Å²) >= 11 is 0. The van der Waals surface area contributed by atoms with Gasteiger partial charge >= 0.3 is 0 Å². The van der Waals surface area contributed by atoms with Crippen LogP contribution >= 0.6 is 0 Å². The third kappa shape index (κ3) is 4.95. The summed E-state index contributed by atoms with van der Waals surface area (Å²) in [6.45, 7) is 0.600. The van der Waals surface area contributed by atoms with E-state index in [0.29, 0.717) is 6.54 Å². The molecule has 20 heavy (non-hydrogen) atoms. The average Bonchev–Trinajstić information content (AvgIpc) is 2.43. The van der Waals surface area contributed by atoms with Gasteiger partial charge in [0.15, 0.2) is 0 Å². The van der Waals surface area contributed by atoms with Crippen molar-refractivity contribution in [2.24, 2.45) is 11.5 Å². The molecule has 2 aromatic carbocycles. The molecule has 0 amide bonds. The zero-order valence-electron chi connectivity index (χ0n) is 11.2. The maximum Gasteiger partial charge on any atom is 0.130 e. The summed E-state index contributed by atoms with van der Waals surface area (Å²) in [7, 11) is 0. The molecule has 3 nitrogen and oxygen atoms in total. The summed E-state index contributed by atoms with van der Waals surface area (Å²) in [6, 6.07) is 11.5. The largest absolute Gasteiger partial charge is 0.399 e. The molecule has 0 fully saturated rings. The van der Waals surface area contributed by atoms with Crippen LogP contribution in [0.25, 0.3) is 0 Å². The number of rotatable bonds is 3. The van der Waals surface area contributed by atoms with Gasteiger partial charge in [-0.05, 0) is 42.8 Å². The smallest absolute Gasteiger partial charge is 0.130 e. The summed E-state index contributed by atoms with van der Waals surface area (Å²) < 4.78 is 25.1. The van der Waals surface area contributed by atoms with Gasteiger partial charge in [0.25, 0.3) is 0 Å². The first-order valence-corrected chi connectivity index (χ1v) is 6.26. The molecule has 0 atom stereocenters. The van der Waals surface area contributed by atoms with E-state index >= 15 is 0 Å². The highest BCUT2D eigenvalue weighted by Crippen LogP contribution is 2.10. The van der Waals surface area contributed by atoms with E-state index in [9.17, 15) is 8.78 Å². The molecule has 5 heteroatoms. The lowest BCUT2D eigenvalue weighted by Crippen LogP contribution is -2.02. The second-order valence-corrected chi connectivity index (χ2v) is 4.18. The van der Waals surface area contributed by atoms with Crippen molar-refractivity contribution >= 4 is 5.69 Å². The van der Waals surface area contributed by atoms with Crippen LogP contribution in [0.2, 0.25) is 0 Å². The highest BCUT2D eigenvalue weighted by molar-refractivity contribution is 5.39. The zero-order valence-corrected chi connectivity index (χ0v) is 11.2. The summed E-state index contributed by atoms with van der Waals surface area (Å²) in [5.41, 5.74) is 17.9. The van der Waals surface area contributed by atoms with Gasteiger partial charge in [-0.2, -0.15) is 0 Å². The summed E-state index contributed by atoms with van der Waals surface area (Å²) in [5.74, 6) is -1.16. The van der Waals surface area contributed by atoms with Crippen LogP contribution in [-0.4, -0.2) is 6.54 Å². The molecule has 0 saturated heterocycles. The molecular formula is C15H19F2N3. The topological polar surface area (TPSA) is 78.1 Å². The average molecular weight is 279 g/mol. The van der Waals surface area contributed by atoms with Crippen LogP contribution in [0.15, 0.2) is 42.5 Å². The van der Waals surface area contributed by atoms with Gasteiger partial charge in [-0.3, -0.25) is 0 Å². The van der Waals surface area contributed by atoms with E-state index in [2.05, 4.69) is 0 Å². The normalized spacial score (nSPS) is 9.80. The minimum absolute atomic E-state index is 0.0532. The van der Waals surface area contributed by atoms with Gasteiger partial charge in [-0.1, -0.05) is 18.2 Å². The van der Waals surface area contributed by atoms with Gasteiger partial charge in [-0.25, -0.2) is 8.78 Å². The molecule has 108 valence electrons. The number of hydrogen-bond acceptors (Lipinski definition) is 3. The molecule has 0 saturated carbocycles. The molecule has 0 aliphatic heterocycles. The molecule has 0 radical (unpaired) electrons. The Morgan fingerprint density at radius 1 is 0.850 bits per heavy atom. The summed E-state index contributed by atoms with van der Waals surface area (Å²) in [5, 5.41) is 0. The molecule has 0 aliphatic carbocycles. The van der Waals surface area contributed by atoms with Crippen molar-refractivity contribution in [3.05, 3.63) is 65.2 Å². The monoisotopic (exact) mass is 279 g/mol. The third-order valence-corrected chi connectivity index (χ3v) is 2.68. The van der Waals surface area contributed by atoms with Gasteiger partial charge in [0.1, 0.15) is 11.6 Å². The molecule has 2 rings (SSSR count). The second kappa shape index (κ2) is 8.24. The quantitative estimate of drug-likeness (QED) is 0.754. The molecular weight excluding hydrogens is 260 g/mol. The van der Waals surface area contributed by atoms with Crippen molar-refractivity contribution < 1.29 is 8.78 Å². The zero-order chi connectivity index (χ0) is 15.0. The van der Waals surface area contributed by atoms with Crippen molar-refractivity contribution in [3.63, 3.8) is 0 Å². The molecule has 0 bridgehead atoms. The van der Waals surface area contributed by atoms with Gasteiger partial charge in [-0.15, -0.1) is 0 Å². The highest BCUT2D eigenvalue weighted by Gasteiger charge is 2.03. The van der Waals surface area contributed by atoms with Crippen LogP contribution in [0.1, 0.15) is 11.1 Å². The first kappa shape index (κ1) is 16.1. The third-order valence-electron chi connectivity index (χ3n) is 2.68. The minimum Gasteiger partial charge on any atom is -0.399 e. The first-order valence-electron chi connectivity index (χ1n) is 6.26. The van der Waals surface area contributed by atoms with Crippen molar-refractivity contribution in [2.75, 3.05) is 12.3 Å². The predicted molar refractivity (Wildman–Crippen MR) is 77.9 cm³/mol. The molecule has 0 spiro atoms. The molecule has 0 aromatic heterocycles. The van der Waals surface area contributed by atoms with Crippen LogP contribution < -0.4 is 17.2 Å². The molecule has 0 aliphatic rings. The maximum absolute atomic E-state index is 12.5. The number of nitrogens with two attached hydrogens (primary N) is 3. The Hall–Kier alpha value is -1.98. The summed E-state index contributed by atoms with van der Waals surface area (Å²) in [4.78, 5) is 0. The Bertz CT molecular complexity index is 507. The van der Waals surface area contributed by atoms with E-state index in [1.165, 1.54) is 23.8 Å². The van der Waals surface area contributed by atoms with Crippen LogP contribution in [0.5, 0.6) is 0 Å². The van der Waals surface area contributed by atoms with Gasteiger partial charge in [0.2, 0.25) is 0 Å². The van der Waals surface area contributed by atoms with Crippen molar-refractivity contribution in [3.8, 4) is 0 Å². The number of benzene rings is 2. The number of hydrogen-bond donors (Lipinski definition) is 3. The van der Waals surface area contributed by atoms with Gasteiger partial charge < -0.3 is 17.2 Å². The van der Waals surface area contributed by atoms with E-state index in [1.54, 1.807) is 0 Å². The van der Waals surface area contributed by atoms with Crippen molar-refractivity contribution in [2.45, 2.75) is 13.0 Å². The van der Waals surface area contributed by atoms with E-state index in [0.717, 1.165) is 12.1 Å². The Morgan fingerprint density at radius 3 is 1.80 bits per heavy atom. The van der Waals surface area contributed by atoms with Crippen molar-refractivity contribution in [1.29, 1.82) is 0 Å². The molecule has 2 aromatic rings. The lowest BCUT2D eigenvalue weighted by atomic mass is 10.1. The Morgan fingerprint density at radius 2 is 1.40 bits per heavy atom. The van der Waals surface area contributed by atoms with Crippen LogP contribution in [-0.2, 0) is 13.0 Å². The predicted octanol–water partition coefficient (Wildman–Crippen LogP) is 2.19. The minimum atomic E-state index is -0.581. The molecule has 6 N–H and O–H groups in total. The van der Waals surface area contributed by atoms with Crippen LogP contribution in [0.4, 0.5) is 14.5 Å². The fourth-order valence-corrected chi connectivity index (χ4v) is 1.58. The fourth-order valence-electron chi connectivity index (χ4n) is 1.58. The number of anilines is 1. The Kier molecular flexibility index (Phi) is 6.63. The van der Waals surface area contributed by atoms with Crippen LogP contribution in [0, 0.1) is 11.6 Å². The second-order valence-electron chi connectivity index (χ2n) is 4.18. The summed E-state index contributed by atoms with van der Waals surface area (Å²) in [6.07, 6.45) is 0.931. The Labute approximate surface area is 117 Å². The van der Waals surface area contributed by atoms with Crippen LogP contribution in [0.3, 0.4) is 0 Å². The van der Waals surface area contributed by atoms with E-state index in [-0.39, 0.29) is 12.1 Å². The number of halogens is 2. The Balaban J connectivity index is 0.000000200. The SMILES string of the molecule is NCCc1ccc(N)cc1.NCc1c(F)cccc1F. The lowest BCUT2D eigenvalue weighted by Gasteiger charge is -1.98. The first-order chi connectivity index (χ1) is 9.58. The van der Waals surface area contributed by atoms with E-state index in [4.69, 9.17) is 17.2 Å². The van der Waals surface area contributed by atoms with Gasteiger partial charge in [0.05, 0.1) is 0 Å². The molecule has 0 heterocycles. The van der Waals surface area contributed by atoms with E-state index in [1.807, 2.05) is 24.3 Å². The lowest BCUT2D eigenvalue weighted by molar-refractivity contribution is 0.557. The standard InChI is InChI=1S/C8H12N2.C7H7F2N/c9-6-5-7-1-3-8(10)4-2-7;8-6-2-1-3-7(9)5(6)4-10/h1-4H,5-6,9-10H2;1-3H,4,10H2. The number of nitrogen functional groups attached to an aromatic ring is 1. The van der Waals surface area contributed by atoms with Crippen molar-refractivity contribution in [1.82, 2.24) is 0 Å². The maximum atomic E-state index is 12.5. The fraction of sp³-hybridized carbons (Fsp3) is 0.200. The van der Waals surface area contributed by atoms with Gasteiger partial charge in [0, 0.05) is 17.8 Å². The highest BCUT2D eigenvalue weighted by atomic mass is 19.1.